The summed E-state index contributed by atoms with van der Waals surface area (Å²) >= 11 is 0. The van der Waals surface area contributed by atoms with E-state index in [1.807, 2.05) is 0 Å². The summed E-state index contributed by atoms with van der Waals surface area (Å²) < 4.78 is 10.7. The van der Waals surface area contributed by atoms with Gasteiger partial charge in [-0.2, -0.15) is 0 Å². The number of nitrogens with one attached hydrogen (secondary N) is 1. The first-order valence-electron chi connectivity index (χ1n) is 6.45. The molecule has 0 fully saturated rings. The first-order chi connectivity index (χ1) is 10.6. The van der Waals surface area contributed by atoms with Crippen LogP contribution < -0.4 is 20.5 Å². The van der Waals surface area contributed by atoms with E-state index in [-0.39, 0.29) is 18.0 Å². The van der Waals surface area contributed by atoms with Gasteiger partial charge in [0.25, 0.3) is 5.91 Å². The Labute approximate surface area is 127 Å². The molecule has 2 rings (SSSR count). The van der Waals surface area contributed by atoms with Crippen LogP contribution in [0.4, 0.5) is 0 Å². The number of hydrogen-bond acceptors (Lipinski definition) is 6. The summed E-state index contributed by atoms with van der Waals surface area (Å²) in [5.74, 6) is 0.0484. The fourth-order valence-corrected chi connectivity index (χ4v) is 1.67. The summed E-state index contributed by atoms with van der Waals surface area (Å²) in [6, 6.07) is 10.1. The molecule has 0 aliphatic carbocycles. The minimum Gasteiger partial charge on any atom is -0.497 e. The van der Waals surface area contributed by atoms with Crippen LogP contribution in [0.5, 0.6) is 17.2 Å². The number of methoxy groups -OCH3 is 1. The molecular weight excluding hydrogens is 286 g/mol. The van der Waals surface area contributed by atoms with Crippen LogP contribution in [0.2, 0.25) is 0 Å². The molecule has 114 valence electrons. The van der Waals surface area contributed by atoms with Crippen molar-refractivity contribution in [2.24, 2.45) is 5.73 Å². The van der Waals surface area contributed by atoms with Crippen LogP contribution in [0.1, 0.15) is 10.5 Å². The van der Waals surface area contributed by atoms with Gasteiger partial charge < -0.3 is 15.2 Å². The van der Waals surface area contributed by atoms with Crippen molar-refractivity contribution < 1.29 is 19.1 Å². The summed E-state index contributed by atoms with van der Waals surface area (Å²) in [6.07, 6.45) is 1.43. The molecule has 0 atom stereocenters. The highest BCUT2D eigenvalue weighted by atomic mass is 16.5. The summed E-state index contributed by atoms with van der Waals surface area (Å²) in [4.78, 5) is 27.1. The van der Waals surface area contributed by atoms with Gasteiger partial charge in [-0.1, -0.05) is 6.07 Å². The zero-order valence-electron chi connectivity index (χ0n) is 11.9. The molecule has 1 aromatic heterocycles. The predicted molar refractivity (Wildman–Crippen MR) is 78.8 cm³/mol. The van der Waals surface area contributed by atoms with Gasteiger partial charge in [0.15, 0.2) is 11.4 Å². The van der Waals surface area contributed by atoms with Crippen molar-refractivity contribution in [1.82, 2.24) is 10.3 Å². The number of benzene rings is 1. The molecule has 0 radical (unpaired) electrons. The molecule has 7 nitrogen and oxygen atoms in total. The van der Waals surface area contributed by atoms with Crippen molar-refractivity contribution in [1.29, 1.82) is 0 Å². The lowest BCUT2D eigenvalue weighted by Crippen LogP contribution is -2.35. The van der Waals surface area contributed by atoms with E-state index in [2.05, 4.69) is 10.3 Å². The number of amides is 2. The molecule has 0 saturated carbocycles. The maximum Gasteiger partial charge on any atom is 0.280 e. The molecule has 3 N–H and O–H groups in total. The molecule has 7 heteroatoms. The van der Waals surface area contributed by atoms with Gasteiger partial charge in [0, 0.05) is 12.3 Å². The Hall–Kier alpha value is -2.93. The number of pyridine rings is 1. The van der Waals surface area contributed by atoms with E-state index in [1.54, 1.807) is 43.5 Å². The van der Waals surface area contributed by atoms with Crippen molar-refractivity contribution in [3.8, 4) is 17.2 Å². The van der Waals surface area contributed by atoms with Gasteiger partial charge >= 0.3 is 0 Å². The number of carbonyl (C=O) groups is 2. The lowest BCUT2D eigenvalue weighted by Gasteiger charge is -2.10. The Kier molecular flexibility index (Phi) is 5.05. The zero-order chi connectivity index (χ0) is 15.9. The third-order valence-corrected chi connectivity index (χ3v) is 2.69. The summed E-state index contributed by atoms with van der Waals surface area (Å²) in [5.41, 5.74) is 5.15. The number of imide groups is 1. The molecule has 2 amide bonds. The van der Waals surface area contributed by atoms with E-state index in [4.69, 9.17) is 15.2 Å². The summed E-state index contributed by atoms with van der Waals surface area (Å²) in [5, 5.41) is 2.12. The first-order valence-corrected chi connectivity index (χ1v) is 6.45. The number of aromatic nitrogens is 1. The van der Waals surface area contributed by atoms with Crippen LogP contribution in [0, 0.1) is 0 Å². The van der Waals surface area contributed by atoms with E-state index < -0.39 is 11.8 Å². The molecule has 0 aliphatic rings. The normalized spacial score (nSPS) is 9.91. The minimum atomic E-state index is -0.672. The Morgan fingerprint density at radius 3 is 2.73 bits per heavy atom. The molecule has 2 aromatic rings. The maximum atomic E-state index is 12.0. The molecule has 0 aliphatic heterocycles. The lowest BCUT2D eigenvalue weighted by atomic mass is 10.3. The molecule has 0 unspecified atom stereocenters. The van der Waals surface area contributed by atoms with Gasteiger partial charge in [-0.3, -0.25) is 14.9 Å². The second kappa shape index (κ2) is 7.19. The van der Waals surface area contributed by atoms with Crippen LogP contribution in [0.15, 0.2) is 42.6 Å². The van der Waals surface area contributed by atoms with E-state index in [9.17, 15) is 9.59 Å². The number of rotatable bonds is 5. The van der Waals surface area contributed by atoms with Crippen LogP contribution in [0.25, 0.3) is 0 Å². The second-order valence-electron chi connectivity index (χ2n) is 4.21. The molecule has 1 heterocycles. The van der Waals surface area contributed by atoms with Gasteiger partial charge in [0.1, 0.15) is 11.5 Å². The van der Waals surface area contributed by atoms with Crippen LogP contribution in [0.3, 0.4) is 0 Å². The average Bonchev–Trinajstić information content (AvgIpc) is 2.55. The van der Waals surface area contributed by atoms with Gasteiger partial charge in [-0.15, -0.1) is 0 Å². The first kappa shape index (κ1) is 15.5. The fraction of sp³-hybridized carbons (Fsp3) is 0.133. The minimum absolute atomic E-state index is 0.00730. The SMILES string of the molecule is COc1cccc(Oc2cccnc2C(=O)NC(=O)CN)c1. The smallest absolute Gasteiger partial charge is 0.280 e. The van der Waals surface area contributed by atoms with Crippen LogP contribution in [-0.4, -0.2) is 30.5 Å². The Morgan fingerprint density at radius 2 is 2.00 bits per heavy atom. The van der Waals surface area contributed by atoms with E-state index in [0.29, 0.717) is 11.5 Å². The number of nitrogens with two attached hydrogens (primary N) is 1. The highest BCUT2D eigenvalue weighted by Gasteiger charge is 2.16. The van der Waals surface area contributed by atoms with Crippen molar-refractivity contribution in [2.75, 3.05) is 13.7 Å². The van der Waals surface area contributed by atoms with E-state index >= 15 is 0 Å². The van der Waals surface area contributed by atoms with Gasteiger partial charge in [-0.05, 0) is 24.3 Å². The average molecular weight is 301 g/mol. The number of carbonyl (C=O) groups excluding carboxylic acids is 2. The molecule has 1 aromatic carbocycles. The number of ether oxygens (including phenoxy) is 2. The van der Waals surface area contributed by atoms with Crippen molar-refractivity contribution in [2.45, 2.75) is 0 Å². The molecular formula is C15H15N3O4. The van der Waals surface area contributed by atoms with E-state index in [1.165, 1.54) is 6.20 Å². The van der Waals surface area contributed by atoms with Crippen molar-refractivity contribution >= 4 is 11.8 Å². The fourth-order valence-electron chi connectivity index (χ4n) is 1.67. The highest BCUT2D eigenvalue weighted by molar-refractivity contribution is 6.05. The highest BCUT2D eigenvalue weighted by Crippen LogP contribution is 2.26. The molecule has 22 heavy (non-hydrogen) atoms. The summed E-state index contributed by atoms with van der Waals surface area (Å²) in [6.45, 7) is -0.287. The third-order valence-electron chi connectivity index (χ3n) is 2.69. The Balaban J connectivity index is 2.24. The lowest BCUT2D eigenvalue weighted by molar-refractivity contribution is -0.118. The summed E-state index contributed by atoms with van der Waals surface area (Å²) in [7, 11) is 1.54. The van der Waals surface area contributed by atoms with Crippen LogP contribution in [-0.2, 0) is 4.79 Å². The topological polar surface area (TPSA) is 104 Å². The standard InChI is InChI=1S/C15H15N3O4/c1-21-10-4-2-5-11(8-10)22-12-6-3-7-17-14(12)15(20)18-13(19)9-16/h2-8H,9,16H2,1H3,(H,18,19,20). The van der Waals surface area contributed by atoms with Crippen molar-refractivity contribution in [3.63, 3.8) is 0 Å². The van der Waals surface area contributed by atoms with Crippen molar-refractivity contribution in [3.05, 3.63) is 48.3 Å². The zero-order valence-corrected chi connectivity index (χ0v) is 11.9. The molecule has 0 spiro atoms. The predicted octanol–water partition coefficient (Wildman–Crippen LogP) is 1.10. The third kappa shape index (κ3) is 3.80. The number of nitrogens with zero attached hydrogens (tertiary/aromatic N) is 1. The van der Waals surface area contributed by atoms with Gasteiger partial charge in [-0.25, -0.2) is 4.98 Å². The molecule has 0 saturated heterocycles. The van der Waals surface area contributed by atoms with Crippen LogP contribution >= 0.6 is 0 Å². The largest absolute Gasteiger partial charge is 0.497 e. The maximum absolute atomic E-state index is 12.0. The number of hydrogen-bond donors (Lipinski definition) is 2. The quantitative estimate of drug-likeness (QED) is 0.857. The van der Waals surface area contributed by atoms with Gasteiger partial charge in [0.2, 0.25) is 5.91 Å². The Bertz CT molecular complexity index is 688. The van der Waals surface area contributed by atoms with Gasteiger partial charge in [0.05, 0.1) is 13.7 Å². The molecule has 0 bridgehead atoms. The Morgan fingerprint density at radius 1 is 1.23 bits per heavy atom. The second-order valence-corrected chi connectivity index (χ2v) is 4.21. The monoisotopic (exact) mass is 301 g/mol. The van der Waals surface area contributed by atoms with E-state index in [0.717, 1.165) is 0 Å².